The fourth-order valence-corrected chi connectivity index (χ4v) is 0.332. The number of esters is 1. The summed E-state index contributed by atoms with van der Waals surface area (Å²) in [6.45, 7) is 3.16. The molecule has 2 N–H and O–H groups in total. The minimum absolute atomic E-state index is 0. The van der Waals surface area contributed by atoms with Crippen molar-refractivity contribution in [1.29, 1.82) is 0 Å². The summed E-state index contributed by atoms with van der Waals surface area (Å²) >= 11 is 0. The van der Waals surface area contributed by atoms with Crippen LogP contribution in [-0.4, -0.2) is 41.3 Å². The molecule has 0 saturated heterocycles. The number of carboxylic acids is 2. The van der Waals surface area contributed by atoms with Crippen LogP contribution >= 0.6 is 0 Å². The second-order valence-corrected chi connectivity index (χ2v) is 2.16. The number of carbonyl (C=O) groups is 3. The van der Waals surface area contributed by atoms with Gasteiger partial charge in [-0.2, -0.15) is 0 Å². The summed E-state index contributed by atoms with van der Waals surface area (Å²) in [6.07, 6.45) is -1.61. The Labute approximate surface area is 104 Å². The number of aliphatic carboxylic acids is 2. The standard InChI is InChI=1S/C4H6O5.C4H6O2.Li/c5-2(4(8)9)1-3(6)7;1-3-4(5)6-2;/h2,5H,1H2,(H,6,7)(H,8,9);3H,1H2,2H3;/q;;+1/p-1. The molecule has 0 amide bonds. The Morgan fingerprint density at radius 2 is 1.94 bits per heavy atom. The van der Waals surface area contributed by atoms with Gasteiger partial charge in [-0.25, -0.2) is 4.79 Å². The molecule has 0 aromatic rings. The molecule has 1 unspecified atom stereocenters. The van der Waals surface area contributed by atoms with Gasteiger partial charge in [0.2, 0.25) is 0 Å². The molecule has 0 spiro atoms. The maximum absolute atomic E-state index is 9.84. The van der Waals surface area contributed by atoms with Gasteiger partial charge in [0.15, 0.2) is 0 Å². The van der Waals surface area contributed by atoms with Crippen LogP contribution in [0.25, 0.3) is 0 Å². The molecule has 0 fully saturated rings. The van der Waals surface area contributed by atoms with Crippen molar-refractivity contribution in [2.45, 2.75) is 12.5 Å². The smallest absolute Gasteiger partial charge is 0.547 e. The van der Waals surface area contributed by atoms with E-state index < -0.39 is 30.4 Å². The molecule has 0 bridgehead atoms. The monoisotopic (exact) mass is 226 g/mol. The number of hydrogen-bond acceptors (Lipinski definition) is 6. The fourth-order valence-electron chi connectivity index (χ4n) is 0.332. The van der Waals surface area contributed by atoms with Crippen LogP contribution in [0, 0.1) is 0 Å². The van der Waals surface area contributed by atoms with Gasteiger partial charge >= 0.3 is 30.8 Å². The van der Waals surface area contributed by atoms with E-state index in [0.717, 1.165) is 6.08 Å². The number of hydrogen-bond donors (Lipinski definition) is 2. The molecule has 0 rings (SSSR count). The van der Waals surface area contributed by atoms with Crippen molar-refractivity contribution < 1.29 is 53.3 Å². The summed E-state index contributed by atoms with van der Waals surface area (Å²) in [7, 11) is 1.31. The molecule has 0 aliphatic heterocycles. The van der Waals surface area contributed by atoms with E-state index >= 15 is 0 Å². The molecular formula is C8H11LiO7. The van der Waals surface area contributed by atoms with Gasteiger partial charge in [0, 0.05) is 6.08 Å². The Hall–Kier alpha value is -1.29. The Bertz CT molecular complexity index is 251. The van der Waals surface area contributed by atoms with Gasteiger partial charge in [-0.3, -0.25) is 4.79 Å². The third-order valence-corrected chi connectivity index (χ3v) is 1.01. The van der Waals surface area contributed by atoms with Crippen molar-refractivity contribution in [2.24, 2.45) is 0 Å². The third kappa shape index (κ3) is 15.2. The number of aliphatic hydroxyl groups excluding tert-OH is 1. The first-order valence-corrected chi connectivity index (χ1v) is 3.66. The van der Waals surface area contributed by atoms with Gasteiger partial charge in [-0.05, 0) is 0 Å². The summed E-state index contributed by atoms with van der Waals surface area (Å²) in [5, 5.41) is 25.7. The van der Waals surface area contributed by atoms with Crippen LogP contribution in [0.4, 0.5) is 0 Å². The maximum Gasteiger partial charge on any atom is 1.00 e. The van der Waals surface area contributed by atoms with Crippen molar-refractivity contribution >= 4 is 17.9 Å². The molecule has 0 radical (unpaired) electrons. The van der Waals surface area contributed by atoms with Gasteiger partial charge < -0.3 is 24.9 Å². The zero-order valence-corrected chi connectivity index (χ0v) is 9.00. The van der Waals surface area contributed by atoms with E-state index in [0.29, 0.717) is 0 Å². The molecule has 1 atom stereocenters. The van der Waals surface area contributed by atoms with E-state index in [9.17, 15) is 19.5 Å². The average Bonchev–Trinajstić information content (AvgIpc) is 2.16. The quantitative estimate of drug-likeness (QED) is 0.279. The van der Waals surface area contributed by atoms with Gasteiger partial charge in [0.1, 0.15) is 6.10 Å². The van der Waals surface area contributed by atoms with Crippen molar-refractivity contribution in [3.05, 3.63) is 12.7 Å². The molecule has 0 aromatic carbocycles. The van der Waals surface area contributed by atoms with Gasteiger partial charge in [0.05, 0.1) is 19.5 Å². The molecule has 86 valence electrons. The fraction of sp³-hybridized carbons (Fsp3) is 0.375. The number of aliphatic hydroxyl groups is 1. The number of rotatable bonds is 4. The molecule has 7 nitrogen and oxygen atoms in total. The van der Waals surface area contributed by atoms with Crippen LogP contribution < -0.4 is 24.0 Å². The van der Waals surface area contributed by atoms with E-state index in [4.69, 9.17) is 10.2 Å². The van der Waals surface area contributed by atoms with E-state index in [1.54, 1.807) is 0 Å². The van der Waals surface area contributed by atoms with Crippen LogP contribution in [-0.2, 0) is 19.1 Å². The van der Waals surface area contributed by atoms with Gasteiger partial charge in [0.25, 0.3) is 0 Å². The van der Waals surface area contributed by atoms with Crippen molar-refractivity contribution in [2.75, 3.05) is 7.11 Å². The molecule has 0 aromatic heterocycles. The zero-order chi connectivity index (χ0) is 12.4. The summed E-state index contributed by atoms with van der Waals surface area (Å²) < 4.78 is 4.14. The molecule has 0 heterocycles. The second kappa shape index (κ2) is 11.8. The van der Waals surface area contributed by atoms with Gasteiger partial charge in [-0.1, -0.05) is 6.58 Å². The molecule has 0 aliphatic rings. The van der Waals surface area contributed by atoms with E-state index in [1.807, 2.05) is 0 Å². The van der Waals surface area contributed by atoms with E-state index in [2.05, 4.69) is 11.3 Å². The minimum Gasteiger partial charge on any atom is -0.547 e. The summed E-state index contributed by atoms with van der Waals surface area (Å²) in [5.41, 5.74) is 0. The molecule has 0 aliphatic carbocycles. The Morgan fingerprint density at radius 3 is 2.00 bits per heavy atom. The average molecular weight is 226 g/mol. The number of carbonyl (C=O) groups excluding carboxylic acids is 2. The van der Waals surface area contributed by atoms with Crippen molar-refractivity contribution in [3.63, 3.8) is 0 Å². The molecular weight excluding hydrogens is 215 g/mol. The van der Waals surface area contributed by atoms with Gasteiger partial charge in [-0.15, -0.1) is 0 Å². The number of ether oxygens (including phenoxy) is 1. The van der Waals surface area contributed by atoms with E-state index in [1.165, 1.54) is 7.11 Å². The largest absolute Gasteiger partial charge is 1.00 e. The third-order valence-electron chi connectivity index (χ3n) is 1.01. The van der Waals surface area contributed by atoms with Crippen LogP contribution in [0.15, 0.2) is 12.7 Å². The van der Waals surface area contributed by atoms with Crippen LogP contribution in [0.5, 0.6) is 0 Å². The second-order valence-electron chi connectivity index (χ2n) is 2.16. The topological polar surface area (TPSA) is 124 Å². The van der Waals surface area contributed by atoms with Crippen LogP contribution in [0.2, 0.25) is 0 Å². The van der Waals surface area contributed by atoms with Crippen LogP contribution in [0.3, 0.4) is 0 Å². The predicted octanol–water partition coefficient (Wildman–Crippen LogP) is -5.08. The Morgan fingerprint density at radius 1 is 1.50 bits per heavy atom. The zero-order valence-electron chi connectivity index (χ0n) is 9.00. The molecule has 16 heavy (non-hydrogen) atoms. The van der Waals surface area contributed by atoms with E-state index in [-0.39, 0.29) is 18.9 Å². The summed E-state index contributed by atoms with van der Waals surface area (Å²) in [5.74, 6) is -3.53. The first-order chi connectivity index (χ1) is 6.84. The number of carboxylic acid groups (broad SMARTS) is 2. The first-order valence-electron chi connectivity index (χ1n) is 3.66. The summed E-state index contributed by atoms with van der Waals surface area (Å²) in [6, 6.07) is 0. The normalized spacial score (nSPS) is 9.62. The van der Waals surface area contributed by atoms with Crippen LogP contribution in [0.1, 0.15) is 6.42 Å². The maximum atomic E-state index is 9.84. The summed E-state index contributed by atoms with van der Waals surface area (Å²) in [4.78, 5) is 29.1. The SMILES string of the molecule is C=CC(=O)OC.O=C(O)CC(O)C(=O)[O-].[Li+]. The molecule has 0 saturated carbocycles. The molecule has 8 heteroatoms. The van der Waals surface area contributed by atoms with Crippen molar-refractivity contribution in [3.8, 4) is 0 Å². The minimum atomic E-state index is -1.90. The Balaban J connectivity index is -0.000000214. The Kier molecular flexibility index (Phi) is 14.8. The van der Waals surface area contributed by atoms with Crippen molar-refractivity contribution in [1.82, 2.24) is 0 Å². The predicted molar refractivity (Wildman–Crippen MR) is 45.5 cm³/mol. The first kappa shape index (κ1) is 20.2. The number of methoxy groups -OCH3 is 1.